The summed E-state index contributed by atoms with van der Waals surface area (Å²) in [4.78, 5) is 26.2. The lowest BCUT2D eigenvalue weighted by Gasteiger charge is -2.18. The zero-order valence-electron chi connectivity index (χ0n) is 14.5. The van der Waals surface area contributed by atoms with Crippen molar-refractivity contribution in [2.45, 2.75) is 20.3 Å². The van der Waals surface area contributed by atoms with Crippen molar-refractivity contribution >= 4 is 17.5 Å². The van der Waals surface area contributed by atoms with Crippen molar-refractivity contribution in [3.63, 3.8) is 0 Å². The third kappa shape index (κ3) is 4.95. The second-order valence-electron chi connectivity index (χ2n) is 6.31. The minimum absolute atomic E-state index is 0.00316. The molecule has 2 aromatic rings. The van der Waals surface area contributed by atoms with Crippen LogP contribution in [-0.2, 0) is 0 Å². The number of hydrogen-bond acceptors (Lipinski definition) is 2. The van der Waals surface area contributed by atoms with E-state index in [9.17, 15) is 9.59 Å². The lowest BCUT2D eigenvalue weighted by atomic mass is 10.1. The summed E-state index contributed by atoms with van der Waals surface area (Å²) in [6, 6.07) is 16.0. The van der Waals surface area contributed by atoms with E-state index in [0.29, 0.717) is 22.7 Å². The molecular formula is C20H24N2O2. The van der Waals surface area contributed by atoms with Crippen molar-refractivity contribution in [2.75, 3.05) is 18.9 Å². The first kappa shape index (κ1) is 17.7. The monoisotopic (exact) mass is 324 g/mol. The number of carbonyl (C=O) groups excluding carboxylic acids is 2. The zero-order valence-corrected chi connectivity index (χ0v) is 14.5. The maximum Gasteiger partial charge on any atom is 0.255 e. The minimum atomic E-state index is -0.163. The highest BCUT2D eigenvalue weighted by Crippen LogP contribution is 2.13. The Morgan fingerprint density at radius 3 is 2.17 bits per heavy atom. The Kier molecular flexibility index (Phi) is 6.13. The van der Waals surface area contributed by atoms with Crippen LogP contribution >= 0.6 is 0 Å². The van der Waals surface area contributed by atoms with Gasteiger partial charge in [-0.15, -0.1) is 0 Å². The molecule has 0 aliphatic heterocycles. The molecule has 0 unspecified atom stereocenters. The molecule has 0 aromatic heterocycles. The molecule has 0 spiro atoms. The summed E-state index contributed by atoms with van der Waals surface area (Å²) in [5.41, 5.74) is 1.90. The van der Waals surface area contributed by atoms with E-state index in [1.807, 2.05) is 25.2 Å². The number of nitrogens with zero attached hydrogens (tertiary/aromatic N) is 1. The Morgan fingerprint density at radius 1 is 0.958 bits per heavy atom. The highest BCUT2D eigenvalue weighted by atomic mass is 16.2. The molecule has 1 N–H and O–H groups in total. The van der Waals surface area contributed by atoms with Gasteiger partial charge in [-0.25, -0.2) is 0 Å². The van der Waals surface area contributed by atoms with Gasteiger partial charge in [-0.1, -0.05) is 32.0 Å². The SMILES string of the molecule is CC(C)CCN(C)C(=O)c1ccc(NC(=O)c2ccccc2)cc1. The van der Waals surface area contributed by atoms with E-state index < -0.39 is 0 Å². The first-order valence-corrected chi connectivity index (χ1v) is 8.19. The van der Waals surface area contributed by atoms with E-state index in [4.69, 9.17) is 0 Å². The van der Waals surface area contributed by atoms with Gasteiger partial charge in [0.05, 0.1) is 0 Å². The second-order valence-corrected chi connectivity index (χ2v) is 6.31. The molecule has 2 rings (SSSR count). The highest BCUT2D eigenvalue weighted by Gasteiger charge is 2.12. The van der Waals surface area contributed by atoms with Gasteiger partial charge in [0.15, 0.2) is 0 Å². The van der Waals surface area contributed by atoms with Crippen molar-refractivity contribution in [1.82, 2.24) is 4.90 Å². The molecule has 0 radical (unpaired) electrons. The van der Waals surface area contributed by atoms with Crippen LogP contribution < -0.4 is 5.32 Å². The van der Waals surface area contributed by atoms with E-state index in [1.54, 1.807) is 41.3 Å². The van der Waals surface area contributed by atoms with Gasteiger partial charge in [0.1, 0.15) is 0 Å². The van der Waals surface area contributed by atoms with Crippen LogP contribution in [0, 0.1) is 5.92 Å². The molecule has 0 heterocycles. The summed E-state index contributed by atoms with van der Waals surface area (Å²) < 4.78 is 0. The first-order valence-electron chi connectivity index (χ1n) is 8.19. The molecule has 2 aromatic carbocycles. The number of rotatable bonds is 6. The molecule has 0 saturated carbocycles. The summed E-state index contributed by atoms with van der Waals surface area (Å²) in [5, 5.41) is 2.83. The number of benzene rings is 2. The summed E-state index contributed by atoms with van der Waals surface area (Å²) in [6.07, 6.45) is 0.980. The van der Waals surface area contributed by atoms with Crippen molar-refractivity contribution in [3.8, 4) is 0 Å². The van der Waals surface area contributed by atoms with E-state index in [0.717, 1.165) is 13.0 Å². The smallest absolute Gasteiger partial charge is 0.255 e. The van der Waals surface area contributed by atoms with Crippen LogP contribution in [0.3, 0.4) is 0 Å². The third-order valence-corrected chi connectivity index (χ3v) is 3.81. The molecular weight excluding hydrogens is 300 g/mol. The molecule has 126 valence electrons. The Morgan fingerprint density at radius 2 is 1.58 bits per heavy atom. The number of carbonyl (C=O) groups is 2. The Balaban J connectivity index is 1.97. The molecule has 0 atom stereocenters. The van der Waals surface area contributed by atoms with Gasteiger partial charge in [-0.05, 0) is 48.7 Å². The zero-order chi connectivity index (χ0) is 17.5. The standard InChI is InChI=1S/C20H24N2O2/c1-15(2)13-14-22(3)20(24)17-9-11-18(12-10-17)21-19(23)16-7-5-4-6-8-16/h4-12,15H,13-14H2,1-3H3,(H,21,23). The average molecular weight is 324 g/mol. The number of anilines is 1. The molecule has 0 aliphatic carbocycles. The van der Waals surface area contributed by atoms with Crippen molar-refractivity contribution in [1.29, 1.82) is 0 Å². The fraction of sp³-hybridized carbons (Fsp3) is 0.300. The summed E-state index contributed by atoms with van der Waals surface area (Å²) >= 11 is 0. The molecule has 0 fully saturated rings. The Labute approximate surface area is 143 Å². The normalized spacial score (nSPS) is 10.5. The van der Waals surface area contributed by atoms with E-state index in [2.05, 4.69) is 19.2 Å². The molecule has 4 heteroatoms. The van der Waals surface area contributed by atoms with Crippen LogP contribution in [0.1, 0.15) is 41.0 Å². The maximum atomic E-state index is 12.4. The minimum Gasteiger partial charge on any atom is -0.342 e. The largest absolute Gasteiger partial charge is 0.342 e. The highest BCUT2D eigenvalue weighted by molar-refractivity contribution is 6.04. The lowest BCUT2D eigenvalue weighted by molar-refractivity contribution is 0.0789. The second kappa shape index (κ2) is 8.29. The van der Waals surface area contributed by atoms with Crippen LogP contribution in [0.15, 0.2) is 54.6 Å². The van der Waals surface area contributed by atoms with Gasteiger partial charge < -0.3 is 10.2 Å². The maximum absolute atomic E-state index is 12.4. The molecule has 0 aliphatic rings. The number of amides is 2. The summed E-state index contributed by atoms with van der Waals surface area (Å²) in [7, 11) is 1.82. The van der Waals surface area contributed by atoms with Crippen LogP contribution in [0.5, 0.6) is 0 Å². The van der Waals surface area contributed by atoms with E-state index in [-0.39, 0.29) is 11.8 Å². The predicted octanol–water partition coefficient (Wildman–Crippen LogP) is 4.06. The van der Waals surface area contributed by atoms with Gasteiger partial charge in [0.2, 0.25) is 0 Å². The molecule has 0 bridgehead atoms. The van der Waals surface area contributed by atoms with E-state index in [1.165, 1.54) is 0 Å². The molecule has 2 amide bonds. The first-order chi connectivity index (χ1) is 11.5. The van der Waals surface area contributed by atoms with Crippen LogP contribution in [0.25, 0.3) is 0 Å². The van der Waals surface area contributed by atoms with Crippen LogP contribution in [0.4, 0.5) is 5.69 Å². The Bertz CT molecular complexity index is 679. The van der Waals surface area contributed by atoms with Crippen molar-refractivity contribution < 1.29 is 9.59 Å². The number of nitrogens with one attached hydrogen (secondary N) is 1. The van der Waals surface area contributed by atoms with E-state index >= 15 is 0 Å². The topological polar surface area (TPSA) is 49.4 Å². The van der Waals surface area contributed by atoms with Gasteiger partial charge >= 0.3 is 0 Å². The summed E-state index contributed by atoms with van der Waals surface area (Å²) in [5.74, 6) is 0.399. The van der Waals surface area contributed by atoms with Crippen LogP contribution in [-0.4, -0.2) is 30.3 Å². The molecule has 24 heavy (non-hydrogen) atoms. The fourth-order valence-electron chi connectivity index (χ4n) is 2.26. The van der Waals surface area contributed by atoms with Crippen molar-refractivity contribution in [2.24, 2.45) is 5.92 Å². The van der Waals surface area contributed by atoms with Crippen LogP contribution in [0.2, 0.25) is 0 Å². The third-order valence-electron chi connectivity index (χ3n) is 3.81. The molecule has 0 saturated heterocycles. The molecule has 4 nitrogen and oxygen atoms in total. The number of hydrogen-bond donors (Lipinski definition) is 1. The van der Waals surface area contributed by atoms with Gasteiger partial charge in [0.25, 0.3) is 11.8 Å². The van der Waals surface area contributed by atoms with Gasteiger partial charge in [0, 0.05) is 30.4 Å². The Hall–Kier alpha value is -2.62. The van der Waals surface area contributed by atoms with Crippen molar-refractivity contribution in [3.05, 3.63) is 65.7 Å². The van der Waals surface area contributed by atoms with Gasteiger partial charge in [-0.2, -0.15) is 0 Å². The average Bonchev–Trinajstić information content (AvgIpc) is 2.60. The quantitative estimate of drug-likeness (QED) is 0.871. The summed E-state index contributed by atoms with van der Waals surface area (Å²) in [6.45, 7) is 5.02. The predicted molar refractivity (Wildman–Crippen MR) is 97.3 cm³/mol. The lowest BCUT2D eigenvalue weighted by Crippen LogP contribution is -2.28. The van der Waals surface area contributed by atoms with Gasteiger partial charge in [-0.3, -0.25) is 9.59 Å². The fourth-order valence-corrected chi connectivity index (χ4v) is 2.26.